The molecule has 1 heterocycles. The van der Waals surface area contributed by atoms with E-state index >= 15 is 0 Å². The van der Waals surface area contributed by atoms with Gasteiger partial charge in [0.15, 0.2) is 0 Å². The van der Waals surface area contributed by atoms with Crippen molar-refractivity contribution in [3.05, 3.63) is 0 Å². The Hall–Kier alpha value is -2.32. The van der Waals surface area contributed by atoms with Crippen LogP contribution in [0.25, 0.3) is 0 Å². The van der Waals surface area contributed by atoms with Gasteiger partial charge in [-0.2, -0.15) is 0 Å². The molecule has 0 bridgehead atoms. The predicted octanol–water partition coefficient (Wildman–Crippen LogP) is -1.03. The molecule has 2 atom stereocenters. The smallest absolute Gasteiger partial charge is 0.407 e. The van der Waals surface area contributed by atoms with Crippen molar-refractivity contribution in [2.45, 2.75) is 37.8 Å². The number of aliphatic carboxylic acids is 1. The predicted molar refractivity (Wildman–Crippen MR) is 70.4 cm³/mol. The minimum atomic E-state index is -1.16. The van der Waals surface area contributed by atoms with Crippen LogP contribution in [-0.4, -0.2) is 54.7 Å². The van der Waals surface area contributed by atoms with E-state index in [-0.39, 0.29) is 25.2 Å². The molecular weight excluding hydrogens is 282 g/mol. The fourth-order valence-corrected chi connectivity index (χ4v) is 1.90. The molecule has 0 aromatic rings. The summed E-state index contributed by atoms with van der Waals surface area (Å²) < 4.78 is 4.41. The SMILES string of the molecule is COC(=O)NC1CCC(=O)NCCCC(C(=O)O)NC1=O. The minimum Gasteiger partial charge on any atom is -0.480 e. The van der Waals surface area contributed by atoms with Gasteiger partial charge in [-0.1, -0.05) is 0 Å². The molecule has 4 N–H and O–H groups in total. The highest BCUT2D eigenvalue weighted by Crippen LogP contribution is 2.04. The number of hydrogen-bond donors (Lipinski definition) is 4. The molecule has 1 aliphatic rings. The zero-order valence-electron chi connectivity index (χ0n) is 11.7. The van der Waals surface area contributed by atoms with E-state index in [2.05, 4.69) is 20.7 Å². The van der Waals surface area contributed by atoms with Crippen LogP contribution in [0.15, 0.2) is 0 Å². The van der Waals surface area contributed by atoms with E-state index < -0.39 is 30.1 Å². The molecule has 0 aromatic carbocycles. The van der Waals surface area contributed by atoms with Crippen LogP contribution in [0.1, 0.15) is 25.7 Å². The number of hydrogen-bond acceptors (Lipinski definition) is 5. The van der Waals surface area contributed by atoms with Crippen LogP contribution in [0.3, 0.4) is 0 Å². The number of carbonyl (C=O) groups is 4. The second kappa shape index (κ2) is 8.08. The Bertz CT molecular complexity index is 425. The number of ether oxygens (including phenoxy) is 1. The molecular formula is C12H19N3O6. The largest absolute Gasteiger partial charge is 0.480 e. The standard InChI is InChI=1S/C12H19N3O6/c1-21-12(20)15-7-4-5-9(16)13-6-2-3-8(11(18)19)14-10(7)17/h7-8H,2-6H2,1H3,(H,13,16)(H,14,17)(H,15,20)(H,18,19). The number of carbonyl (C=O) groups excluding carboxylic acids is 3. The van der Waals surface area contributed by atoms with Crippen LogP contribution in [0.2, 0.25) is 0 Å². The van der Waals surface area contributed by atoms with E-state index in [1.165, 1.54) is 0 Å². The van der Waals surface area contributed by atoms with Crippen molar-refractivity contribution >= 4 is 23.9 Å². The summed E-state index contributed by atoms with van der Waals surface area (Å²) in [5.74, 6) is -2.07. The van der Waals surface area contributed by atoms with Gasteiger partial charge in [-0.05, 0) is 19.3 Å². The molecule has 9 heteroatoms. The number of carboxylic acids is 1. The van der Waals surface area contributed by atoms with Gasteiger partial charge in [0.2, 0.25) is 11.8 Å². The van der Waals surface area contributed by atoms with Crippen molar-refractivity contribution in [1.29, 1.82) is 0 Å². The average Bonchev–Trinajstić information content (AvgIpc) is 2.47. The summed E-state index contributed by atoms with van der Waals surface area (Å²) in [6, 6.07) is -2.09. The van der Waals surface area contributed by atoms with E-state index in [4.69, 9.17) is 5.11 Å². The van der Waals surface area contributed by atoms with Gasteiger partial charge in [-0.3, -0.25) is 9.59 Å². The Morgan fingerprint density at radius 2 is 2.05 bits per heavy atom. The average molecular weight is 301 g/mol. The molecule has 118 valence electrons. The maximum atomic E-state index is 12.0. The lowest BCUT2D eigenvalue weighted by atomic mass is 10.1. The molecule has 0 spiro atoms. The topological polar surface area (TPSA) is 134 Å². The third-order valence-electron chi connectivity index (χ3n) is 3.06. The second-order valence-corrected chi connectivity index (χ2v) is 4.62. The Morgan fingerprint density at radius 3 is 2.67 bits per heavy atom. The summed E-state index contributed by atoms with van der Waals surface area (Å²) in [5, 5.41) is 16.3. The van der Waals surface area contributed by atoms with E-state index in [9.17, 15) is 19.2 Å². The molecule has 2 unspecified atom stereocenters. The normalized spacial score (nSPS) is 24.0. The Labute approximate surface area is 121 Å². The molecule has 1 rings (SSSR count). The summed E-state index contributed by atoms with van der Waals surface area (Å²) in [6.07, 6.45) is -0.110. The van der Waals surface area contributed by atoms with Crippen LogP contribution in [0.4, 0.5) is 4.79 Å². The first-order valence-electron chi connectivity index (χ1n) is 6.58. The first-order chi connectivity index (χ1) is 9.93. The van der Waals surface area contributed by atoms with Crippen LogP contribution >= 0.6 is 0 Å². The van der Waals surface area contributed by atoms with Crippen LogP contribution in [-0.2, 0) is 19.1 Å². The van der Waals surface area contributed by atoms with E-state index in [0.29, 0.717) is 13.0 Å². The number of methoxy groups -OCH3 is 1. The zero-order chi connectivity index (χ0) is 15.8. The lowest BCUT2D eigenvalue weighted by Gasteiger charge is -2.20. The number of amides is 3. The summed E-state index contributed by atoms with van der Waals surface area (Å²) >= 11 is 0. The van der Waals surface area contributed by atoms with Gasteiger partial charge in [0.25, 0.3) is 0 Å². The van der Waals surface area contributed by atoms with Gasteiger partial charge in [0.1, 0.15) is 12.1 Å². The van der Waals surface area contributed by atoms with Crippen LogP contribution in [0, 0.1) is 0 Å². The van der Waals surface area contributed by atoms with Gasteiger partial charge in [0.05, 0.1) is 7.11 Å². The first kappa shape index (κ1) is 16.7. The van der Waals surface area contributed by atoms with E-state index in [1.807, 2.05) is 0 Å². The molecule has 1 fully saturated rings. The third kappa shape index (κ3) is 5.67. The van der Waals surface area contributed by atoms with Gasteiger partial charge < -0.3 is 25.8 Å². The first-order valence-corrected chi connectivity index (χ1v) is 6.58. The maximum absolute atomic E-state index is 12.0. The third-order valence-corrected chi connectivity index (χ3v) is 3.06. The summed E-state index contributed by atoms with van der Waals surface area (Å²) in [4.78, 5) is 45.9. The summed E-state index contributed by atoms with van der Waals surface area (Å²) in [5.41, 5.74) is 0. The van der Waals surface area contributed by atoms with Crippen molar-refractivity contribution in [1.82, 2.24) is 16.0 Å². The molecule has 0 radical (unpaired) electrons. The van der Waals surface area contributed by atoms with Gasteiger partial charge in [0, 0.05) is 13.0 Å². The monoisotopic (exact) mass is 301 g/mol. The number of rotatable bonds is 2. The van der Waals surface area contributed by atoms with Crippen molar-refractivity contribution in [2.24, 2.45) is 0 Å². The number of alkyl carbamates (subject to hydrolysis) is 1. The summed E-state index contributed by atoms with van der Waals surface area (Å²) in [6.45, 7) is 0.341. The van der Waals surface area contributed by atoms with Crippen LogP contribution in [0.5, 0.6) is 0 Å². The van der Waals surface area contributed by atoms with Gasteiger partial charge in [-0.15, -0.1) is 0 Å². The van der Waals surface area contributed by atoms with E-state index in [0.717, 1.165) is 7.11 Å². The van der Waals surface area contributed by atoms with Gasteiger partial charge >= 0.3 is 12.1 Å². The van der Waals surface area contributed by atoms with E-state index in [1.54, 1.807) is 0 Å². The van der Waals surface area contributed by atoms with Gasteiger partial charge in [-0.25, -0.2) is 9.59 Å². The molecule has 0 saturated carbocycles. The van der Waals surface area contributed by atoms with Crippen molar-refractivity contribution in [3.63, 3.8) is 0 Å². The number of carboxylic acid groups (broad SMARTS) is 1. The second-order valence-electron chi connectivity index (χ2n) is 4.62. The molecule has 1 saturated heterocycles. The van der Waals surface area contributed by atoms with Crippen LogP contribution < -0.4 is 16.0 Å². The molecule has 21 heavy (non-hydrogen) atoms. The highest BCUT2D eigenvalue weighted by molar-refractivity contribution is 5.89. The molecule has 0 aromatic heterocycles. The minimum absolute atomic E-state index is 0.0415. The fraction of sp³-hybridized carbons (Fsp3) is 0.667. The molecule has 9 nitrogen and oxygen atoms in total. The Morgan fingerprint density at radius 1 is 1.33 bits per heavy atom. The highest BCUT2D eigenvalue weighted by atomic mass is 16.5. The van der Waals surface area contributed by atoms with Crippen molar-refractivity contribution in [2.75, 3.05) is 13.7 Å². The quantitative estimate of drug-likeness (QED) is 0.515. The molecule has 3 amide bonds. The maximum Gasteiger partial charge on any atom is 0.407 e. The zero-order valence-corrected chi connectivity index (χ0v) is 11.7. The lowest BCUT2D eigenvalue weighted by molar-refractivity contribution is -0.142. The Kier molecular flexibility index (Phi) is 6.44. The highest BCUT2D eigenvalue weighted by Gasteiger charge is 2.27. The molecule has 0 aliphatic carbocycles. The van der Waals surface area contributed by atoms with Crippen molar-refractivity contribution < 1.29 is 29.0 Å². The molecule has 1 aliphatic heterocycles. The lowest BCUT2D eigenvalue weighted by Crippen LogP contribution is -2.51. The number of nitrogens with one attached hydrogen (secondary N) is 3. The summed E-state index contributed by atoms with van der Waals surface area (Å²) in [7, 11) is 1.14. The fourth-order valence-electron chi connectivity index (χ4n) is 1.90. The van der Waals surface area contributed by atoms with Crippen molar-refractivity contribution in [3.8, 4) is 0 Å². The Balaban J connectivity index is 2.82.